The Bertz CT molecular complexity index is 577. The van der Waals surface area contributed by atoms with Crippen LogP contribution in [-0.2, 0) is 0 Å². The van der Waals surface area contributed by atoms with Gasteiger partial charge in [-0.25, -0.2) is 0 Å². The first-order valence-electron chi connectivity index (χ1n) is 6.48. The van der Waals surface area contributed by atoms with Crippen molar-refractivity contribution in [3.8, 4) is 5.75 Å². The van der Waals surface area contributed by atoms with E-state index in [1.165, 1.54) is 0 Å². The molecule has 0 aromatic heterocycles. The standard InChI is InChI=1S/C17H17ClO2/c1-13(19)16-12-15(18)9-10-17(16)20-11-5-8-14-6-3-2-4-7-14/h2-10,12-13,19H,11H2,1H3/t13-/m1/s1. The Morgan fingerprint density at radius 1 is 1.20 bits per heavy atom. The summed E-state index contributed by atoms with van der Waals surface area (Å²) < 4.78 is 5.67. The number of benzene rings is 2. The van der Waals surface area contributed by atoms with Gasteiger partial charge in [0.2, 0.25) is 0 Å². The average Bonchev–Trinajstić information content (AvgIpc) is 2.45. The maximum atomic E-state index is 9.71. The molecule has 0 bridgehead atoms. The van der Waals surface area contributed by atoms with Gasteiger partial charge in [-0.1, -0.05) is 48.0 Å². The summed E-state index contributed by atoms with van der Waals surface area (Å²) in [4.78, 5) is 0. The van der Waals surface area contributed by atoms with Gasteiger partial charge in [0.15, 0.2) is 0 Å². The van der Waals surface area contributed by atoms with Crippen molar-refractivity contribution in [3.05, 3.63) is 70.8 Å². The molecule has 0 amide bonds. The van der Waals surface area contributed by atoms with Crippen LogP contribution < -0.4 is 4.74 Å². The summed E-state index contributed by atoms with van der Waals surface area (Å²) in [6, 6.07) is 15.3. The molecule has 0 saturated carbocycles. The molecule has 0 heterocycles. The van der Waals surface area contributed by atoms with Crippen LogP contribution in [0.5, 0.6) is 5.75 Å². The Labute approximate surface area is 124 Å². The molecule has 3 heteroatoms. The summed E-state index contributed by atoms with van der Waals surface area (Å²) in [5.74, 6) is 0.655. The highest BCUT2D eigenvalue weighted by Crippen LogP contribution is 2.28. The molecule has 1 N–H and O–H groups in total. The number of rotatable bonds is 5. The SMILES string of the molecule is C[C@@H](O)c1cc(Cl)ccc1OCC=Cc1ccccc1. The lowest BCUT2D eigenvalue weighted by Crippen LogP contribution is -2.00. The fourth-order valence-corrected chi connectivity index (χ4v) is 2.04. The first-order chi connectivity index (χ1) is 9.66. The second-order valence-electron chi connectivity index (χ2n) is 4.48. The van der Waals surface area contributed by atoms with Gasteiger partial charge in [-0.2, -0.15) is 0 Å². The monoisotopic (exact) mass is 288 g/mol. The molecule has 0 radical (unpaired) electrons. The second-order valence-corrected chi connectivity index (χ2v) is 4.92. The minimum atomic E-state index is -0.609. The van der Waals surface area contributed by atoms with Crippen molar-refractivity contribution in [3.63, 3.8) is 0 Å². The van der Waals surface area contributed by atoms with Crippen molar-refractivity contribution in [1.29, 1.82) is 0 Å². The highest BCUT2D eigenvalue weighted by atomic mass is 35.5. The number of hydrogen-bond donors (Lipinski definition) is 1. The van der Waals surface area contributed by atoms with E-state index < -0.39 is 6.10 Å². The predicted octanol–water partition coefficient (Wildman–Crippen LogP) is 4.49. The van der Waals surface area contributed by atoms with Crippen molar-refractivity contribution in [2.24, 2.45) is 0 Å². The predicted molar refractivity (Wildman–Crippen MR) is 83.1 cm³/mol. The van der Waals surface area contributed by atoms with Crippen LogP contribution in [-0.4, -0.2) is 11.7 Å². The summed E-state index contributed by atoms with van der Waals surface area (Å²) in [6.07, 6.45) is 3.33. The molecule has 104 valence electrons. The molecule has 0 aliphatic rings. The van der Waals surface area contributed by atoms with Crippen molar-refractivity contribution in [1.82, 2.24) is 0 Å². The van der Waals surface area contributed by atoms with E-state index in [1.807, 2.05) is 42.5 Å². The third kappa shape index (κ3) is 4.12. The zero-order chi connectivity index (χ0) is 14.4. The molecule has 0 unspecified atom stereocenters. The topological polar surface area (TPSA) is 29.5 Å². The third-order valence-corrected chi connectivity index (χ3v) is 3.10. The second kappa shape index (κ2) is 7.13. The van der Waals surface area contributed by atoms with E-state index in [9.17, 15) is 5.11 Å². The molecule has 2 nitrogen and oxygen atoms in total. The van der Waals surface area contributed by atoms with Crippen LogP contribution in [0.4, 0.5) is 0 Å². The molecule has 0 aliphatic heterocycles. The van der Waals surface area contributed by atoms with Gasteiger partial charge in [-0.15, -0.1) is 0 Å². The number of aliphatic hydroxyl groups excluding tert-OH is 1. The molecule has 2 rings (SSSR count). The zero-order valence-corrected chi connectivity index (χ0v) is 12.0. The lowest BCUT2D eigenvalue weighted by atomic mass is 10.1. The Balaban J connectivity index is 1.99. The van der Waals surface area contributed by atoms with Gasteiger partial charge in [0, 0.05) is 10.6 Å². The van der Waals surface area contributed by atoms with Crippen LogP contribution in [0.2, 0.25) is 5.02 Å². The fourth-order valence-electron chi connectivity index (χ4n) is 1.86. The maximum Gasteiger partial charge on any atom is 0.125 e. The van der Waals surface area contributed by atoms with Gasteiger partial charge in [-0.3, -0.25) is 0 Å². The van der Waals surface area contributed by atoms with E-state index in [0.717, 1.165) is 5.56 Å². The van der Waals surface area contributed by atoms with E-state index in [-0.39, 0.29) is 0 Å². The first kappa shape index (κ1) is 14.6. The molecule has 1 atom stereocenters. The van der Waals surface area contributed by atoms with Gasteiger partial charge >= 0.3 is 0 Å². The third-order valence-electron chi connectivity index (χ3n) is 2.87. The van der Waals surface area contributed by atoms with E-state index in [0.29, 0.717) is 22.9 Å². The largest absolute Gasteiger partial charge is 0.489 e. The molecule has 0 spiro atoms. The smallest absolute Gasteiger partial charge is 0.125 e. The van der Waals surface area contributed by atoms with Crippen LogP contribution in [0.25, 0.3) is 6.08 Å². The summed E-state index contributed by atoms with van der Waals surface area (Å²) in [5, 5.41) is 10.3. The van der Waals surface area contributed by atoms with Crippen LogP contribution in [0.15, 0.2) is 54.6 Å². The van der Waals surface area contributed by atoms with E-state index >= 15 is 0 Å². The minimum absolute atomic E-state index is 0.441. The zero-order valence-electron chi connectivity index (χ0n) is 11.3. The van der Waals surface area contributed by atoms with Gasteiger partial charge in [0.05, 0.1) is 6.10 Å². The normalized spacial score (nSPS) is 12.6. The summed E-state index contributed by atoms with van der Waals surface area (Å²) in [7, 11) is 0. The quantitative estimate of drug-likeness (QED) is 0.878. The molecule has 0 aliphatic carbocycles. The minimum Gasteiger partial charge on any atom is -0.489 e. The van der Waals surface area contributed by atoms with Crippen LogP contribution in [0, 0.1) is 0 Å². The Morgan fingerprint density at radius 3 is 2.65 bits per heavy atom. The Morgan fingerprint density at radius 2 is 1.95 bits per heavy atom. The fraction of sp³-hybridized carbons (Fsp3) is 0.176. The average molecular weight is 289 g/mol. The molecule has 2 aromatic rings. The van der Waals surface area contributed by atoms with Crippen LogP contribution in [0.3, 0.4) is 0 Å². The number of aliphatic hydroxyl groups is 1. The lowest BCUT2D eigenvalue weighted by molar-refractivity contribution is 0.193. The summed E-state index contributed by atoms with van der Waals surface area (Å²) >= 11 is 5.92. The van der Waals surface area contributed by atoms with E-state index in [1.54, 1.807) is 25.1 Å². The van der Waals surface area contributed by atoms with Crippen molar-refractivity contribution < 1.29 is 9.84 Å². The Hall–Kier alpha value is -1.77. The van der Waals surface area contributed by atoms with Gasteiger partial charge < -0.3 is 9.84 Å². The van der Waals surface area contributed by atoms with Gasteiger partial charge in [0.25, 0.3) is 0 Å². The van der Waals surface area contributed by atoms with Crippen molar-refractivity contribution in [2.75, 3.05) is 6.61 Å². The summed E-state index contributed by atoms with van der Waals surface area (Å²) in [6.45, 7) is 2.13. The van der Waals surface area contributed by atoms with Crippen molar-refractivity contribution in [2.45, 2.75) is 13.0 Å². The number of halogens is 1. The number of ether oxygens (including phenoxy) is 1. The molecule has 20 heavy (non-hydrogen) atoms. The van der Waals surface area contributed by atoms with Crippen LogP contribution in [0.1, 0.15) is 24.2 Å². The Kier molecular flexibility index (Phi) is 5.22. The molecule has 2 aromatic carbocycles. The highest BCUT2D eigenvalue weighted by Gasteiger charge is 2.09. The number of hydrogen-bond acceptors (Lipinski definition) is 2. The summed E-state index contributed by atoms with van der Waals surface area (Å²) in [5.41, 5.74) is 1.83. The van der Waals surface area contributed by atoms with Gasteiger partial charge in [0.1, 0.15) is 12.4 Å². The lowest BCUT2D eigenvalue weighted by Gasteiger charge is -2.12. The van der Waals surface area contributed by atoms with Gasteiger partial charge in [-0.05, 0) is 36.8 Å². The highest BCUT2D eigenvalue weighted by molar-refractivity contribution is 6.30. The van der Waals surface area contributed by atoms with E-state index in [4.69, 9.17) is 16.3 Å². The van der Waals surface area contributed by atoms with Crippen molar-refractivity contribution >= 4 is 17.7 Å². The molecular formula is C17H17ClO2. The van der Waals surface area contributed by atoms with E-state index in [2.05, 4.69) is 0 Å². The first-order valence-corrected chi connectivity index (χ1v) is 6.86. The van der Waals surface area contributed by atoms with Crippen LogP contribution >= 0.6 is 11.6 Å². The maximum absolute atomic E-state index is 9.71. The molecule has 0 saturated heterocycles. The molecular weight excluding hydrogens is 272 g/mol. The molecule has 0 fully saturated rings.